The normalized spacial score (nSPS) is 11.3. The number of nitrogens with one attached hydrogen (secondary N) is 3. The molecule has 0 bridgehead atoms. The van der Waals surface area contributed by atoms with Crippen LogP contribution in [0.1, 0.15) is 4.88 Å². The third-order valence-corrected chi connectivity index (χ3v) is 6.79. The molecule has 2 aromatic heterocycles. The van der Waals surface area contributed by atoms with Gasteiger partial charge in [0.15, 0.2) is 11.6 Å². The Morgan fingerprint density at radius 2 is 1.88 bits per heavy atom. The van der Waals surface area contributed by atoms with Gasteiger partial charge >= 0.3 is 0 Å². The molecule has 228 valence electrons. The number of amidine groups is 1. The van der Waals surface area contributed by atoms with E-state index in [-0.39, 0.29) is 11.4 Å². The summed E-state index contributed by atoms with van der Waals surface area (Å²) in [5, 5.41) is 8.23. The predicted molar refractivity (Wildman–Crippen MR) is 166 cm³/mol. The number of nitrogens with zero attached hydrogens (tertiary/aromatic N) is 3. The Labute approximate surface area is 252 Å². The maximum absolute atomic E-state index is 14.4. The summed E-state index contributed by atoms with van der Waals surface area (Å²) in [7, 11) is 7.30. The Balaban J connectivity index is 0.000000386. The van der Waals surface area contributed by atoms with E-state index in [9.17, 15) is 18.0 Å². The largest absolute Gasteiger partial charge is 0.453 e. The molecular weight excluding hydrogens is 581 g/mol. The summed E-state index contributed by atoms with van der Waals surface area (Å²) >= 11 is 1.51. The van der Waals surface area contributed by atoms with Gasteiger partial charge in [0.2, 0.25) is 6.41 Å². The van der Waals surface area contributed by atoms with Crippen LogP contribution in [0.2, 0.25) is 0 Å². The van der Waals surface area contributed by atoms with E-state index in [1.165, 1.54) is 17.4 Å². The van der Waals surface area contributed by atoms with Crippen molar-refractivity contribution in [1.29, 1.82) is 0 Å². The number of carbonyl (C=O) groups is 1. The highest BCUT2D eigenvalue weighted by atomic mass is 32.1. The lowest BCUT2D eigenvalue weighted by Gasteiger charge is -2.13. The summed E-state index contributed by atoms with van der Waals surface area (Å²) in [6.07, 6.45) is 5.72. The predicted octanol–water partition coefficient (Wildman–Crippen LogP) is 5.86. The molecule has 0 saturated carbocycles. The third-order valence-electron chi connectivity index (χ3n) is 5.65. The number of ether oxygens (including phenoxy) is 2. The van der Waals surface area contributed by atoms with Gasteiger partial charge in [-0.3, -0.25) is 9.78 Å². The van der Waals surface area contributed by atoms with Gasteiger partial charge < -0.3 is 30.3 Å². The average molecular weight is 615 g/mol. The second kappa shape index (κ2) is 16.9. The van der Waals surface area contributed by atoms with Crippen LogP contribution in [0.3, 0.4) is 0 Å². The van der Waals surface area contributed by atoms with Crippen molar-refractivity contribution in [3.63, 3.8) is 0 Å². The number of aromatic nitrogens is 1. The second-order valence-electron chi connectivity index (χ2n) is 8.95. The third kappa shape index (κ3) is 9.81. The number of thiophene rings is 1. The van der Waals surface area contributed by atoms with Crippen LogP contribution in [-0.4, -0.2) is 70.1 Å². The second-order valence-corrected chi connectivity index (χ2v) is 10.00. The van der Waals surface area contributed by atoms with Gasteiger partial charge in [0.25, 0.3) is 0 Å². The minimum absolute atomic E-state index is 0.0265. The van der Waals surface area contributed by atoms with E-state index < -0.39 is 17.5 Å². The fourth-order valence-corrected chi connectivity index (χ4v) is 4.71. The van der Waals surface area contributed by atoms with E-state index in [1.807, 2.05) is 31.1 Å². The number of benzene rings is 2. The van der Waals surface area contributed by atoms with Crippen molar-refractivity contribution in [2.24, 2.45) is 4.99 Å². The molecule has 0 atom stereocenters. The standard InChI is InChI=1S/C23H28FN5O2S.C7H5F2NO/c1-25-16-6-7-19(17(24)14-16)31-20-8-11-27-18-15-21(32-22(18)20)23(29(2)3)28-10-5-9-26-12-13-30-4;8-5-1-2-7(10-4-11)6(9)3-5/h5-8,10-11,14-15,25-26H,9,12-13H2,1-4H3;1-4H,(H,10,11)/b10-5+,28-23?;. The number of carbonyl (C=O) groups excluding carboxylic acids is 1. The molecule has 3 N–H and O–H groups in total. The number of rotatable bonds is 12. The van der Waals surface area contributed by atoms with E-state index in [1.54, 1.807) is 44.8 Å². The lowest BCUT2D eigenvalue weighted by atomic mass is 10.3. The minimum Gasteiger partial charge on any atom is -0.453 e. The highest BCUT2D eigenvalue weighted by Gasteiger charge is 2.15. The first-order chi connectivity index (χ1) is 20.8. The molecule has 9 nitrogen and oxygen atoms in total. The van der Waals surface area contributed by atoms with Gasteiger partial charge in [-0.15, -0.1) is 11.3 Å². The average Bonchev–Trinajstić information content (AvgIpc) is 3.42. The van der Waals surface area contributed by atoms with Gasteiger partial charge in [0.05, 0.1) is 27.4 Å². The summed E-state index contributed by atoms with van der Waals surface area (Å²) in [5.74, 6) is -0.360. The summed E-state index contributed by atoms with van der Waals surface area (Å²) in [4.78, 5) is 21.8. The molecule has 0 aliphatic heterocycles. The fraction of sp³-hybridized carbons (Fsp3) is 0.233. The molecule has 2 aromatic carbocycles. The van der Waals surface area contributed by atoms with Gasteiger partial charge in [-0.1, -0.05) is 6.08 Å². The van der Waals surface area contributed by atoms with E-state index >= 15 is 0 Å². The number of hydrogen-bond donors (Lipinski definition) is 3. The van der Waals surface area contributed by atoms with Crippen LogP contribution >= 0.6 is 11.3 Å². The zero-order valence-corrected chi connectivity index (χ0v) is 25.0. The van der Waals surface area contributed by atoms with Crippen LogP contribution in [-0.2, 0) is 9.53 Å². The molecule has 0 aliphatic rings. The Morgan fingerprint density at radius 3 is 2.56 bits per heavy atom. The van der Waals surface area contributed by atoms with Crippen molar-refractivity contribution in [3.05, 3.63) is 89.3 Å². The molecule has 0 fully saturated rings. The lowest BCUT2D eigenvalue weighted by molar-refractivity contribution is -0.105. The number of pyridine rings is 1. The van der Waals surface area contributed by atoms with Crippen molar-refractivity contribution in [3.8, 4) is 11.5 Å². The summed E-state index contributed by atoms with van der Waals surface area (Å²) < 4.78 is 51.0. The first-order valence-electron chi connectivity index (χ1n) is 13.1. The quantitative estimate of drug-likeness (QED) is 0.0796. The van der Waals surface area contributed by atoms with Crippen molar-refractivity contribution in [1.82, 2.24) is 15.2 Å². The first kappa shape index (κ1) is 33.0. The minimum atomic E-state index is -0.780. The van der Waals surface area contributed by atoms with E-state index in [2.05, 4.69) is 25.9 Å². The fourth-order valence-electron chi connectivity index (χ4n) is 3.57. The van der Waals surface area contributed by atoms with Gasteiger partial charge in [-0.2, -0.15) is 0 Å². The van der Waals surface area contributed by atoms with Crippen LogP contribution in [0.25, 0.3) is 10.2 Å². The molecule has 0 spiro atoms. The van der Waals surface area contributed by atoms with Gasteiger partial charge in [-0.25, -0.2) is 18.2 Å². The highest BCUT2D eigenvalue weighted by Crippen LogP contribution is 2.36. The van der Waals surface area contributed by atoms with Crippen LogP contribution < -0.4 is 20.7 Å². The van der Waals surface area contributed by atoms with E-state index in [0.717, 1.165) is 39.6 Å². The molecule has 0 saturated heterocycles. The maximum atomic E-state index is 14.4. The molecule has 4 rings (SSSR count). The maximum Gasteiger partial charge on any atom is 0.211 e. The SMILES string of the molecule is CNc1ccc(Oc2ccnc3cc(C(=N/C=C/CNCCOC)N(C)C)sc23)c(F)c1.O=CNc1ccc(F)cc1F. The molecule has 4 aromatic rings. The Hall–Kier alpha value is -4.46. The monoisotopic (exact) mass is 614 g/mol. The van der Waals surface area contributed by atoms with Crippen LogP contribution in [0.5, 0.6) is 11.5 Å². The Bertz CT molecular complexity index is 1560. The van der Waals surface area contributed by atoms with Crippen molar-refractivity contribution >= 4 is 45.2 Å². The van der Waals surface area contributed by atoms with Gasteiger partial charge in [0.1, 0.15) is 23.2 Å². The lowest BCUT2D eigenvalue weighted by Crippen LogP contribution is -2.22. The molecule has 13 heteroatoms. The summed E-state index contributed by atoms with van der Waals surface area (Å²) in [6.45, 7) is 2.16. The number of fused-ring (bicyclic) bond motifs is 1. The number of amides is 1. The summed E-state index contributed by atoms with van der Waals surface area (Å²) in [6, 6.07) is 11.4. The number of aliphatic imine (C=N–C) groups is 1. The van der Waals surface area contributed by atoms with Crippen molar-refractivity contribution in [2.75, 3.05) is 58.6 Å². The number of methoxy groups -OCH3 is 1. The molecule has 0 unspecified atom stereocenters. The highest BCUT2D eigenvalue weighted by molar-refractivity contribution is 7.21. The molecule has 43 heavy (non-hydrogen) atoms. The van der Waals surface area contributed by atoms with Crippen molar-refractivity contribution in [2.45, 2.75) is 0 Å². The van der Waals surface area contributed by atoms with Crippen LogP contribution in [0, 0.1) is 17.5 Å². The van der Waals surface area contributed by atoms with E-state index in [4.69, 9.17) is 9.47 Å². The number of hydrogen-bond acceptors (Lipinski definition) is 8. The Morgan fingerprint density at radius 1 is 1.07 bits per heavy atom. The zero-order valence-electron chi connectivity index (χ0n) is 24.2. The molecule has 1 amide bonds. The first-order valence-corrected chi connectivity index (χ1v) is 13.9. The number of anilines is 2. The van der Waals surface area contributed by atoms with E-state index in [0.29, 0.717) is 37.1 Å². The smallest absolute Gasteiger partial charge is 0.211 e. The molecular formula is C30H33F3N6O3S. The Kier molecular flexibility index (Phi) is 12.9. The molecule has 0 aliphatic carbocycles. The molecule has 2 heterocycles. The number of halogens is 3. The molecule has 0 radical (unpaired) electrons. The summed E-state index contributed by atoms with van der Waals surface area (Å²) in [5.41, 5.74) is 1.43. The van der Waals surface area contributed by atoms with Gasteiger partial charge in [0, 0.05) is 77.6 Å². The van der Waals surface area contributed by atoms with Crippen LogP contribution in [0.15, 0.2) is 72.0 Å². The van der Waals surface area contributed by atoms with Crippen molar-refractivity contribution < 1.29 is 27.4 Å². The zero-order chi connectivity index (χ0) is 31.2. The topological polar surface area (TPSA) is 100 Å². The van der Waals surface area contributed by atoms with Crippen LogP contribution in [0.4, 0.5) is 24.5 Å². The van der Waals surface area contributed by atoms with Gasteiger partial charge in [-0.05, 0) is 30.3 Å².